The summed E-state index contributed by atoms with van der Waals surface area (Å²) in [5.41, 5.74) is 9.52. The van der Waals surface area contributed by atoms with Crippen LogP contribution in [0.2, 0.25) is 0 Å². The van der Waals surface area contributed by atoms with Crippen LogP contribution in [0.25, 0.3) is 0 Å². The molecule has 0 saturated carbocycles. The van der Waals surface area contributed by atoms with E-state index in [4.69, 9.17) is 5.73 Å². The maximum Gasteiger partial charge on any atom is 0.0383 e. The highest BCUT2D eigenvalue weighted by molar-refractivity contribution is 5.39. The Hall–Kier alpha value is -0.900. The van der Waals surface area contributed by atoms with Gasteiger partial charge in [-0.05, 0) is 17.5 Å². The number of fused-ring (bicyclic) bond motifs is 1. The summed E-state index contributed by atoms with van der Waals surface area (Å²) in [7, 11) is 4.20. The van der Waals surface area contributed by atoms with Gasteiger partial charge < -0.3 is 5.73 Å². The van der Waals surface area contributed by atoms with Gasteiger partial charge in [0.05, 0.1) is 0 Å². The molecule has 0 radical (unpaired) electrons. The Balaban J connectivity index is 1.84. The predicted molar refractivity (Wildman–Crippen MR) is 64.8 cm³/mol. The molecule has 1 fully saturated rings. The van der Waals surface area contributed by atoms with Crippen LogP contribution in [-0.2, 0) is 6.42 Å². The molecule has 1 aliphatic heterocycles. The summed E-state index contributed by atoms with van der Waals surface area (Å²) in [6, 6.07) is 8.85. The van der Waals surface area contributed by atoms with Crippen LogP contribution in [0.4, 0.5) is 0 Å². The van der Waals surface area contributed by atoms with Gasteiger partial charge in [-0.2, -0.15) is 0 Å². The number of hydrazine groups is 1. The van der Waals surface area contributed by atoms with Gasteiger partial charge in [-0.25, -0.2) is 10.0 Å². The van der Waals surface area contributed by atoms with Gasteiger partial charge in [0.25, 0.3) is 0 Å². The third-order valence-corrected chi connectivity index (χ3v) is 4.15. The predicted octanol–water partition coefficient (Wildman–Crippen LogP) is 1.02. The third kappa shape index (κ3) is 1.25. The molecule has 2 aliphatic rings. The van der Waals surface area contributed by atoms with E-state index < -0.39 is 0 Å². The van der Waals surface area contributed by atoms with Gasteiger partial charge in [-0.3, -0.25) is 0 Å². The van der Waals surface area contributed by atoms with E-state index in [1.807, 2.05) is 0 Å². The highest BCUT2D eigenvalue weighted by atomic mass is 15.6. The summed E-state index contributed by atoms with van der Waals surface area (Å²) in [4.78, 5) is 0. The first kappa shape index (κ1) is 10.3. The lowest BCUT2D eigenvalue weighted by molar-refractivity contribution is -0.131. The van der Waals surface area contributed by atoms with Crippen LogP contribution in [0.3, 0.4) is 0 Å². The van der Waals surface area contributed by atoms with Gasteiger partial charge in [-0.1, -0.05) is 24.3 Å². The lowest BCUT2D eigenvalue weighted by atomic mass is 9.75. The van der Waals surface area contributed by atoms with Gasteiger partial charge in [0.15, 0.2) is 0 Å². The molecule has 0 aromatic heterocycles. The number of benzene rings is 1. The lowest BCUT2D eigenvalue weighted by Crippen LogP contribution is -2.63. The van der Waals surface area contributed by atoms with Crippen molar-refractivity contribution in [3.8, 4) is 0 Å². The second-order valence-corrected chi connectivity index (χ2v) is 5.39. The summed E-state index contributed by atoms with van der Waals surface area (Å²) in [5, 5.41) is 4.52. The minimum Gasteiger partial charge on any atom is -0.323 e. The molecule has 2 N–H and O–H groups in total. The zero-order valence-corrected chi connectivity index (χ0v) is 9.98. The van der Waals surface area contributed by atoms with Crippen LogP contribution in [0, 0.1) is 5.41 Å². The standard InChI is InChI=1S/C13H19N3/c1-15(2)16-8-13(9-16)7-10-5-3-4-6-11(10)12(13)14/h3-6,12H,7-9,14H2,1-2H3/t12-/m1/s1. The monoisotopic (exact) mass is 217 g/mol. The van der Waals surface area contributed by atoms with Crippen LogP contribution in [0.1, 0.15) is 17.2 Å². The van der Waals surface area contributed by atoms with Crippen molar-refractivity contribution >= 4 is 0 Å². The van der Waals surface area contributed by atoms with Crippen molar-refractivity contribution in [2.24, 2.45) is 11.1 Å². The fraction of sp³-hybridized carbons (Fsp3) is 0.538. The second kappa shape index (κ2) is 3.29. The van der Waals surface area contributed by atoms with Crippen molar-refractivity contribution in [2.45, 2.75) is 12.5 Å². The van der Waals surface area contributed by atoms with Gasteiger partial charge in [-0.15, -0.1) is 0 Å². The normalized spacial score (nSPS) is 27.1. The topological polar surface area (TPSA) is 32.5 Å². The molecule has 16 heavy (non-hydrogen) atoms. The molecule has 0 amide bonds. The van der Waals surface area contributed by atoms with Crippen LogP contribution in [0.15, 0.2) is 24.3 Å². The quantitative estimate of drug-likeness (QED) is 0.762. The minimum absolute atomic E-state index is 0.222. The van der Waals surface area contributed by atoms with E-state index in [2.05, 4.69) is 48.4 Å². The molecule has 1 aliphatic carbocycles. The summed E-state index contributed by atoms with van der Waals surface area (Å²) >= 11 is 0. The molecule has 3 heteroatoms. The van der Waals surface area contributed by atoms with E-state index >= 15 is 0 Å². The SMILES string of the molecule is CN(C)N1CC2(Cc3ccccc3[C@H]2N)C1. The summed E-state index contributed by atoms with van der Waals surface area (Å²) < 4.78 is 0. The first-order valence-electron chi connectivity index (χ1n) is 5.88. The Bertz CT molecular complexity index is 407. The molecule has 0 unspecified atom stereocenters. The molecule has 1 atom stereocenters. The number of hydrogen-bond donors (Lipinski definition) is 1. The molecule has 0 bridgehead atoms. The van der Waals surface area contributed by atoms with Crippen molar-refractivity contribution in [1.82, 2.24) is 10.0 Å². The smallest absolute Gasteiger partial charge is 0.0383 e. The van der Waals surface area contributed by atoms with E-state index in [1.165, 1.54) is 11.1 Å². The Morgan fingerprint density at radius 1 is 1.31 bits per heavy atom. The van der Waals surface area contributed by atoms with E-state index in [9.17, 15) is 0 Å². The van der Waals surface area contributed by atoms with Crippen LogP contribution >= 0.6 is 0 Å². The average molecular weight is 217 g/mol. The van der Waals surface area contributed by atoms with E-state index in [-0.39, 0.29) is 6.04 Å². The molecule has 1 heterocycles. The lowest BCUT2D eigenvalue weighted by Gasteiger charge is -2.53. The summed E-state index contributed by atoms with van der Waals surface area (Å²) in [6.45, 7) is 2.19. The second-order valence-electron chi connectivity index (χ2n) is 5.39. The van der Waals surface area contributed by atoms with E-state index in [0.29, 0.717) is 5.41 Å². The molecule has 86 valence electrons. The molecule has 3 nitrogen and oxygen atoms in total. The fourth-order valence-corrected chi connectivity index (χ4v) is 3.09. The summed E-state index contributed by atoms with van der Waals surface area (Å²) in [5.74, 6) is 0. The fourth-order valence-electron chi connectivity index (χ4n) is 3.09. The van der Waals surface area contributed by atoms with Crippen LogP contribution in [-0.4, -0.2) is 37.2 Å². The zero-order valence-electron chi connectivity index (χ0n) is 9.98. The Morgan fingerprint density at radius 3 is 2.62 bits per heavy atom. The Kier molecular flexibility index (Phi) is 2.11. The largest absolute Gasteiger partial charge is 0.323 e. The van der Waals surface area contributed by atoms with E-state index in [1.54, 1.807) is 0 Å². The highest BCUT2D eigenvalue weighted by Gasteiger charge is 2.52. The molecule has 1 spiro atoms. The number of nitrogens with two attached hydrogens (primary N) is 1. The van der Waals surface area contributed by atoms with Gasteiger partial charge >= 0.3 is 0 Å². The number of rotatable bonds is 1. The molecule has 3 rings (SSSR count). The van der Waals surface area contributed by atoms with Gasteiger partial charge in [0.2, 0.25) is 0 Å². The highest BCUT2D eigenvalue weighted by Crippen LogP contribution is 2.49. The van der Waals surface area contributed by atoms with Crippen molar-refractivity contribution in [3.63, 3.8) is 0 Å². The van der Waals surface area contributed by atoms with Crippen LogP contribution in [0.5, 0.6) is 0 Å². The number of nitrogens with zero attached hydrogens (tertiary/aromatic N) is 2. The first-order valence-corrected chi connectivity index (χ1v) is 5.88. The molecule has 1 aromatic rings. The van der Waals surface area contributed by atoms with E-state index in [0.717, 1.165) is 19.5 Å². The zero-order chi connectivity index (χ0) is 11.3. The van der Waals surface area contributed by atoms with Crippen molar-refractivity contribution in [2.75, 3.05) is 27.2 Å². The number of hydrogen-bond acceptors (Lipinski definition) is 3. The van der Waals surface area contributed by atoms with Gasteiger partial charge in [0, 0.05) is 38.6 Å². The first-order chi connectivity index (χ1) is 7.62. The minimum atomic E-state index is 0.222. The summed E-state index contributed by atoms with van der Waals surface area (Å²) in [6.07, 6.45) is 1.15. The van der Waals surface area contributed by atoms with Crippen LogP contribution < -0.4 is 5.73 Å². The molecular formula is C13H19N3. The van der Waals surface area contributed by atoms with Crippen molar-refractivity contribution in [1.29, 1.82) is 0 Å². The maximum atomic E-state index is 6.40. The Morgan fingerprint density at radius 2 is 2.00 bits per heavy atom. The maximum absolute atomic E-state index is 6.40. The molecule has 1 aromatic carbocycles. The third-order valence-electron chi connectivity index (χ3n) is 4.15. The van der Waals surface area contributed by atoms with Crippen molar-refractivity contribution < 1.29 is 0 Å². The average Bonchev–Trinajstić information content (AvgIpc) is 2.50. The van der Waals surface area contributed by atoms with Crippen molar-refractivity contribution in [3.05, 3.63) is 35.4 Å². The van der Waals surface area contributed by atoms with Gasteiger partial charge in [0.1, 0.15) is 0 Å². The molecular weight excluding hydrogens is 198 g/mol. The molecule has 1 saturated heterocycles. The Labute approximate surface area is 96.8 Å².